The van der Waals surface area contributed by atoms with Gasteiger partial charge in [-0.3, -0.25) is 13.9 Å². The van der Waals surface area contributed by atoms with Gasteiger partial charge in [0.1, 0.15) is 12.6 Å². The fourth-order valence-corrected chi connectivity index (χ4v) is 5.86. The Labute approximate surface area is 243 Å². The number of amides is 2. The highest BCUT2D eigenvalue weighted by molar-refractivity contribution is 7.92. The van der Waals surface area contributed by atoms with Gasteiger partial charge < -0.3 is 10.2 Å². The summed E-state index contributed by atoms with van der Waals surface area (Å²) < 4.78 is 28.9. The number of nitrogens with zero attached hydrogens (tertiary/aromatic N) is 2. The van der Waals surface area contributed by atoms with Crippen LogP contribution < -0.4 is 9.62 Å². The number of hydrogen-bond donors (Lipinski definition) is 1. The molecule has 1 atom stereocenters. The van der Waals surface area contributed by atoms with Crippen LogP contribution in [-0.2, 0) is 26.2 Å². The first-order valence-electron chi connectivity index (χ1n) is 13.2. The van der Waals surface area contributed by atoms with Crippen molar-refractivity contribution in [3.8, 4) is 0 Å². The first kappa shape index (κ1) is 31.2. The molecule has 3 aromatic rings. The van der Waals surface area contributed by atoms with Gasteiger partial charge in [-0.1, -0.05) is 60.5 Å². The predicted octanol–water partition coefficient (Wildman–Crippen LogP) is 5.87. The summed E-state index contributed by atoms with van der Waals surface area (Å²) in [4.78, 5) is 29.0. The smallest absolute Gasteiger partial charge is 0.264 e. The van der Waals surface area contributed by atoms with Crippen LogP contribution in [0.1, 0.15) is 50.8 Å². The third kappa shape index (κ3) is 7.86. The molecule has 214 valence electrons. The van der Waals surface area contributed by atoms with Gasteiger partial charge in [-0.2, -0.15) is 0 Å². The summed E-state index contributed by atoms with van der Waals surface area (Å²) in [5.74, 6) is -0.781. The zero-order chi connectivity index (χ0) is 29.7. The van der Waals surface area contributed by atoms with Crippen molar-refractivity contribution in [2.24, 2.45) is 0 Å². The molecule has 0 saturated heterocycles. The van der Waals surface area contributed by atoms with Crippen LogP contribution in [0.15, 0.2) is 77.7 Å². The van der Waals surface area contributed by atoms with Gasteiger partial charge in [-0.05, 0) is 88.6 Å². The minimum Gasteiger partial charge on any atom is -0.350 e. The molecule has 0 radical (unpaired) electrons. The van der Waals surface area contributed by atoms with E-state index < -0.39 is 34.1 Å². The fourth-order valence-electron chi connectivity index (χ4n) is 4.32. The van der Waals surface area contributed by atoms with Crippen molar-refractivity contribution in [3.05, 3.63) is 94.5 Å². The van der Waals surface area contributed by atoms with Crippen LogP contribution in [0.5, 0.6) is 0 Å². The van der Waals surface area contributed by atoms with Crippen LogP contribution >= 0.6 is 11.6 Å². The van der Waals surface area contributed by atoms with E-state index in [1.807, 2.05) is 65.8 Å². The Morgan fingerprint density at radius 3 is 2.08 bits per heavy atom. The number of rotatable bonds is 10. The van der Waals surface area contributed by atoms with Gasteiger partial charge >= 0.3 is 0 Å². The summed E-state index contributed by atoms with van der Waals surface area (Å²) in [7, 11) is -4.15. The van der Waals surface area contributed by atoms with E-state index in [9.17, 15) is 18.0 Å². The molecule has 0 saturated carbocycles. The van der Waals surface area contributed by atoms with Crippen molar-refractivity contribution < 1.29 is 18.0 Å². The highest BCUT2D eigenvalue weighted by Crippen LogP contribution is 2.26. The Bertz CT molecular complexity index is 1430. The SMILES string of the molecule is CCC(C(=O)NC(C)(C)C)N(Cc1ccccc1C)C(=O)CN(c1ccc(C)cc1)S(=O)(=O)c1ccc(Cl)cc1. The van der Waals surface area contributed by atoms with E-state index in [-0.39, 0.29) is 17.3 Å². The molecule has 0 aliphatic carbocycles. The molecular weight excluding hydrogens is 546 g/mol. The predicted molar refractivity (Wildman–Crippen MR) is 161 cm³/mol. The van der Waals surface area contributed by atoms with Crippen LogP contribution in [0.4, 0.5) is 5.69 Å². The maximum Gasteiger partial charge on any atom is 0.264 e. The monoisotopic (exact) mass is 583 g/mol. The molecule has 9 heteroatoms. The second kappa shape index (κ2) is 12.9. The zero-order valence-corrected chi connectivity index (χ0v) is 25.5. The van der Waals surface area contributed by atoms with E-state index in [1.165, 1.54) is 29.2 Å². The molecular formula is C31H38ClN3O4S. The molecule has 2 amide bonds. The third-order valence-electron chi connectivity index (χ3n) is 6.49. The number of carbonyl (C=O) groups excluding carboxylic acids is 2. The largest absolute Gasteiger partial charge is 0.350 e. The molecule has 0 aliphatic heterocycles. The quantitative estimate of drug-likeness (QED) is 0.323. The van der Waals surface area contributed by atoms with Gasteiger partial charge in [0.25, 0.3) is 10.0 Å². The van der Waals surface area contributed by atoms with Crippen molar-refractivity contribution in [2.75, 3.05) is 10.8 Å². The van der Waals surface area contributed by atoms with E-state index in [2.05, 4.69) is 5.32 Å². The molecule has 0 aliphatic rings. The molecule has 7 nitrogen and oxygen atoms in total. The van der Waals surface area contributed by atoms with E-state index in [1.54, 1.807) is 24.3 Å². The van der Waals surface area contributed by atoms with Crippen LogP contribution in [0.3, 0.4) is 0 Å². The van der Waals surface area contributed by atoms with E-state index in [4.69, 9.17) is 11.6 Å². The third-order valence-corrected chi connectivity index (χ3v) is 8.53. The van der Waals surface area contributed by atoms with Gasteiger partial charge in [0.05, 0.1) is 10.6 Å². The van der Waals surface area contributed by atoms with Gasteiger partial charge in [0, 0.05) is 17.1 Å². The minimum absolute atomic E-state index is 0.00764. The normalized spacial score (nSPS) is 12.5. The number of halogens is 1. The lowest BCUT2D eigenvalue weighted by atomic mass is 10.0. The fraction of sp³-hybridized carbons (Fsp3) is 0.355. The molecule has 0 heterocycles. The molecule has 0 spiro atoms. The zero-order valence-electron chi connectivity index (χ0n) is 23.9. The molecule has 3 aromatic carbocycles. The lowest BCUT2D eigenvalue weighted by molar-refractivity contribution is -0.141. The summed E-state index contributed by atoms with van der Waals surface area (Å²) in [6.45, 7) is 11.0. The molecule has 3 rings (SSSR count). The summed E-state index contributed by atoms with van der Waals surface area (Å²) in [5, 5.41) is 3.38. The molecule has 0 fully saturated rings. The van der Waals surface area contributed by atoms with Crippen molar-refractivity contribution in [1.29, 1.82) is 0 Å². The first-order valence-corrected chi connectivity index (χ1v) is 15.1. The summed E-state index contributed by atoms with van der Waals surface area (Å²) in [6, 6.07) is 19.6. The lowest BCUT2D eigenvalue weighted by Crippen LogP contribution is -2.55. The van der Waals surface area contributed by atoms with Gasteiger partial charge in [0.2, 0.25) is 11.8 Å². The highest BCUT2D eigenvalue weighted by atomic mass is 35.5. The number of anilines is 1. The Balaban J connectivity index is 2.08. The number of sulfonamides is 1. The maximum absolute atomic E-state index is 14.1. The van der Waals surface area contributed by atoms with Gasteiger partial charge in [-0.25, -0.2) is 8.42 Å². The molecule has 40 heavy (non-hydrogen) atoms. The Kier molecular flexibility index (Phi) is 10.0. The van der Waals surface area contributed by atoms with Gasteiger partial charge in [-0.15, -0.1) is 0 Å². The van der Waals surface area contributed by atoms with E-state index in [0.717, 1.165) is 21.0 Å². The average molecular weight is 584 g/mol. The van der Waals surface area contributed by atoms with Crippen molar-refractivity contribution in [3.63, 3.8) is 0 Å². The topological polar surface area (TPSA) is 86.8 Å². The minimum atomic E-state index is -4.15. The summed E-state index contributed by atoms with van der Waals surface area (Å²) in [6.07, 6.45) is 0.355. The Morgan fingerprint density at radius 2 is 1.52 bits per heavy atom. The highest BCUT2D eigenvalue weighted by Gasteiger charge is 2.34. The number of hydrogen-bond acceptors (Lipinski definition) is 4. The Hall–Kier alpha value is -3.36. The number of carbonyl (C=O) groups is 2. The number of benzene rings is 3. The molecule has 0 aromatic heterocycles. The lowest BCUT2D eigenvalue weighted by Gasteiger charge is -2.35. The maximum atomic E-state index is 14.1. The summed E-state index contributed by atoms with van der Waals surface area (Å²) >= 11 is 6.01. The first-order chi connectivity index (χ1) is 18.7. The molecule has 0 bridgehead atoms. The van der Waals surface area contributed by atoms with Crippen LogP contribution in [-0.4, -0.2) is 43.3 Å². The Morgan fingerprint density at radius 1 is 0.925 bits per heavy atom. The van der Waals surface area contributed by atoms with Gasteiger partial charge in [0.15, 0.2) is 0 Å². The second-order valence-electron chi connectivity index (χ2n) is 10.9. The standard InChI is InChI=1S/C31H38ClN3O4S/c1-7-28(30(37)33-31(4,5)6)34(20-24-11-9-8-10-23(24)3)29(36)21-35(26-16-12-22(2)13-17-26)40(38,39)27-18-14-25(32)15-19-27/h8-19,28H,7,20-21H2,1-6H3,(H,33,37). The number of aryl methyl sites for hydroxylation is 2. The van der Waals surface area contributed by atoms with Crippen molar-refractivity contribution in [1.82, 2.24) is 10.2 Å². The van der Waals surface area contributed by atoms with Crippen LogP contribution in [0, 0.1) is 13.8 Å². The molecule has 1 N–H and O–H groups in total. The van der Waals surface area contributed by atoms with E-state index >= 15 is 0 Å². The van der Waals surface area contributed by atoms with E-state index in [0.29, 0.717) is 17.1 Å². The molecule has 1 unspecified atom stereocenters. The summed E-state index contributed by atoms with van der Waals surface area (Å²) in [5.41, 5.74) is 2.63. The van der Waals surface area contributed by atoms with Crippen molar-refractivity contribution >= 4 is 39.1 Å². The number of nitrogens with one attached hydrogen (secondary N) is 1. The van der Waals surface area contributed by atoms with Crippen LogP contribution in [0.2, 0.25) is 5.02 Å². The average Bonchev–Trinajstić information content (AvgIpc) is 2.88. The van der Waals surface area contributed by atoms with Crippen LogP contribution in [0.25, 0.3) is 0 Å². The second-order valence-corrected chi connectivity index (χ2v) is 13.2. The van der Waals surface area contributed by atoms with Crippen molar-refractivity contribution in [2.45, 2.75) is 71.0 Å².